The molecule has 0 saturated carbocycles. The smallest absolute Gasteiger partial charge is 0.338 e. The van der Waals surface area contributed by atoms with Gasteiger partial charge in [-0.1, -0.05) is 28.1 Å². The first-order chi connectivity index (χ1) is 17.3. The fraction of sp³-hybridized carbons (Fsp3) is 0.148. The maximum atomic E-state index is 13.5. The van der Waals surface area contributed by atoms with Gasteiger partial charge in [0, 0.05) is 17.1 Å². The zero-order chi connectivity index (χ0) is 25.7. The van der Waals surface area contributed by atoms with Crippen LogP contribution in [0.25, 0.3) is 6.08 Å². The molecule has 1 aliphatic rings. The molecule has 0 spiro atoms. The Bertz CT molecular complexity index is 1360. The zero-order valence-corrected chi connectivity index (χ0v) is 21.9. The summed E-state index contributed by atoms with van der Waals surface area (Å²) < 4.78 is 25.3. The number of benzene rings is 3. The Morgan fingerprint density at radius 3 is 2.64 bits per heavy atom. The molecular formula is C27H22BrFN2O4S. The second-order valence-electron chi connectivity index (χ2n) is 7.74. The number of likely N-dealkylation sites (N-methyl/N-ethyl adjacent to an activating group) is 1. The molecule has 1 amide bonds. The summed E-state index contributed by atoms with van der Waals surface area (Å²) in [5.74, 6) is -0.356. The summed E-state index contributed by atoms with van der Waals surface area (Å²) >= 11 is 4.71. The molecule has 0 aromatic heterocycles. The Morgan fingerprint density at radius 1 is 1.14 bits per heavy atom. The van der Waals surface area contributed by atoms with Gasteiger partial charge in [0.15, 0.2) is 5.17 Å². The molecule has 3 aromatic carbocycles. The molecule has 36 heavy (non-hydrogen) atoms. The summed E-state index contributed by atoms with van der Waals surface area (Å²) in [6, 6.07) is 18.4. The number of esters is 1. The van der Waals surface area contributed by atoms with E-state index in [0.717, 1.165) is 4.47 Å². The third-order valence-corrected chi connectivity index (χ3v) is 6.70. The van der Waals surface area contributed by atoms with E-state index in [4.69, 9.17) is 9.47 Å². The summed E-state index contributed by atoms with van der Waals surface area (Å²) in [5.41, 5.74) is 2.44. The molecule has 1 aliphatic heterocycles. The van der Waals surface area contributed by atoms with Crippen molar-refractivity contribution in [2.45, 2.75) is 13.5 Å². The first-order valence-electron chi connectivity index (χ1n) is 11.0. The van der Waals surface area contributed by atoms with Crippen LogP contribution >= 0.6 is 27.7 Å². The van der Waals surface area contributed by atoms with E-state index < -0.39 is 5.97 Å². The maximum Gasteiger partial charge on any atom is 0.338 e. The van der Waals surface area contributed by atoms with Gasteiger partial charge >= 0.3 is 5.97 Å². The molecule has 3 aromatic rings. The number of nitrogens with zero attached hydrogens (tertiary/aromatic N) is 2. The predicted molar refractivity (Wildman–Crippen MR) is 143 cm³/mol. The molecule has 0 aliphatic carbocycles. The van der Waals surface area contributed by atoms with Crippen molar-refractivity contribution in [3.63, 3.8) is 0 Å². The fourth-order valence-corrected chi connectivity index (χ4v) is 4.70. The molecule has 0 bridgehead atoms. The number of amides is 1. The van der Waals surface area contributed by atoms with Crippen LogP contribution in [0.2, 0.25) is 0 Å². The molecule has 4 rings (SSSR count). The van der Waals surface area contributed by atoms with Crippen LogP contribution in [0.5, 0.6) is 5.75 Å². The minimum absolute atomic E-state index is 0.186. The average Bonchev–Trinajstić information content (AvgIpc) is 3.12. The van der Waals surface area contributed by atoms with E-state index in [1.807, 2.05) is 12.1 Å². The lowest BCUT2D eigenvalue weighted by atomic mass is 10.1. The van der Waals surface area contributed by atoms with Gasteiger partial charge in [0.2, 0.25) is 0 Å². The van der Waals surface area contributed by atoms with E-state index in [9.17, 15) is 14.0 Å². The first kappa shape index (κ1) is 25.7. The van der Waals surface area contributed by atoms with Crippen molar-refractivity contribution in [1.82, 2.24) is 4.90 Å². The zero-order valence-electron chi connectivity index (χ0n) is 19.5. The molecule has 0 atom stereocenters. The number of carbonyl (C=O) groups is 2. The highest BCUT2D eigenvalue weighted by Crippen LogP contribution is 2.35. The van der Waals surface area contributed by atoms with Crippen molar-refractivity contribution in [3.05, 3.63) is 98.6 Å². The van der Waals surface area contributed by atoms with Gasteiger partial charge in [-0.3, -0.25) is 9.69 Å². The molecule has 1 saturated heterocycles. The van der Waals surface area contributed by atoms with Gasteiger partial charge in [0.05, 0.1) is 22.8 Å². The number of thioether (sulfide) groups is 1. The van der Waals surface area contributed by atoms with E-state index in [2.05, 4.69) is 20.9 Å². The molecule has 1 fully saturated rings. The van der Waals surface area contributed by atoms with Gasteiger partial charge in [0.25, 0.3) is 5.91 Å². The van der Waals surface area contributed by atoms with Crippen LogP contribution in [-0.4, -0.2) is 35.6 Å². The maximum absolute atomic E-state index is 13.5. The van der Waals surface area contributed by atoms with Crippen molar-refractivity contribution < 1.29 is 23.5 Å². The van der Waals surface area contributed by atoms with Crippen molar-refractivity contribution in [3.8, 4) is 5.75 Å². The summed E-state index contributed by atoms with van der Waals surface area (Å²) in [7, 11) is 1.66. The van der Waals surface area contributed by atoms with Crippen LogP contribution in [-0.2, 0) is 16.1 Å². The minimum Gasteiger partial charge on any atom is -0.488 e. The standard InChI is InChI=1S/C27H22BrFN2O4S/c1-3-34-26(33)18-7-10-22(11-8-18)30-27-31(2)25(32)24(36-27)15-19-14-20(28)9-12-23(19)35-16-17-5-4-6-21(29)13-17/h4-15H,3,16H2,1-2H3/b24-15-,30-27?. The Kier molecular flexibility index (Phi) is 8.22. The van der Waals surface area contributed by atoms with E-state index in [1.54, 1.807) is 62.5 Å². The highest BCUT2D eigenvalue weighted by atomic mass is 79.9. The average molecular weight is 569 g/mol. The Labute approximate surface area is 220 Å². The predicted octanol–water partition coefficient (Wildman–Crippen LogP) is 6.58. The third kappa shape index (κ3) is 6.22. The molecule has 0 N–H and O–H groups in total. The fourth-order valence-electron chi connectivity index (χ4n) is 3.34. The van der Waals surface area contributed by atoms with Crippen molar-refractivity contribution in [2.24, 2.45) is 4.99 Å². The van der Waals surface area contributed by atoms with E-state index in [-0.39, 0.29) is 18.3 Å². The summed E-state index contributed by atoms with van der Waals surface area (Å²) in [6.45, 7) is 2.24. The van der Waals surface area contributed by atoms with Crippen LogP contribution in [0.3, 0.4) is 0 Å². The van der Waals surface area contributed by atoms with Crippen LogP contribution in [0.1, 0.15) is 28.4 Å². The number of hydrogen-bond donors (Lipinski definition) is 0. The number of hydrogen-bond acceptors (Lipinski definition) is 6. The lowest BCUT2D eigenvalue weighted by molar-refractivity contribution is -0.121. The Balaban J connectivity index is 1.55. The first-order valence-corrected chi connectivity index (χ1v) is 12.6. The lowest BCUT2D eigenvalue weighted by Gasteiger charge is -2.10. The second-order valence-corrected chi connectivity index (χ2v) is 9.66. The Hall–Kier alpha value is -3.43. The second kappa shape index (κ2) is 11.5. The van der Waals surface area contributed by atoms with Gasteiger partial charge in [-0.2, -0.15) is 0 Å². The van der Waals surface area contributed by atoms with Crippen LogP contribution in [0.4, 0.5) is 10.1 Å². The van der Waals surface area contributed by atoms with Gasteiger partial charge in [-0.25, -0.2) is 14.2 Å². The number of ether oxygens (including phenoxy) is 2. The summed E-state index contributed by atoms with van der Waals surface area (Å²) in [6.07, 6.45) is 1.75. The normalized spacial score (nSPS) is 15.6. The van der Waals surface area contributed by atoms with Crippen LogP contribution < -0.4 is 4.74 Å². The number of carbonyl (C=O) groups excluding carboxylic acids is 2. The third-order valence-electron chi connectivity index (χ3n) is 5.15. The summed E-state index contributed by atoms with van der Waals surface area (Å²) in [5, 5.41) is 0.507. The minimum atomic E-state index is -0.395. The van der Waals surface area contributed by atoms with E-state index in [0.29, 0.717) is 44.8 Å². The lowest BCUT2D eigenvalue weighted by Crippen LogP contribution is -2.23. The number of halogens is 2. The molecular weight excluding hydrogens is 547 g/mol. The largest absolute Gasteiger partial charge is 0.488 e. The van der Waals surface area contributed by atoms with Crippen molar-refractivity contribution in [2.75, 3.05) is 13.7 Å². The molecule has 0 radical (unpaired) electrons. The summed E-state index contributed by atoms with van der Waals surface area (Å²) in [4.78, 5) is 31.3. The van der Waals surface area contributed by atoms with Gasteiger partial charge < -0.3 is 9.47 Å². The highest BCUT2D eigenvalue weighted by Gasteiger charge is 2.30. The Morgan fingerprint density at radius 2 is 1.92 bits per heavy atom. The topological polar surface area (TPSA) is 68.2 Å². The highest BCUT2D eigenvalue weighted by molar-refractivity contribution is 9.10. The SMILES string of the molecule is CCOC(=O)c1ccc(N=C2S/C(=C\c3cc(Br)ccc3OCc3cccc(F)c3)C(=O)N2C)cc1. The van der Waals surface area contributed by atoms with Crippen LogP contribution in [0.15, 0.2) is 81.1 Å². The molecule has 0 unspecified atom stereocenters. The number of rotatable bonds is 7. The van der Waals surface area contributed by atoms with Crippen molar-refractivity contribution >= 4 is 56.5 Å². The molecule has 9 heteroatoms. The van der Waals surface area contributed by atoms with E-state index in [1.165, 1.54) is 28.8 Å². The molecule has 6 nitrogen and oxygen atoms in total. The van der Waals surface area contributed by atoms with Crippen LogP contribution in [0, 0.1) is 5.82 Å². The number of aliphatic imine (C=N–C) groups is 1. The van der Waals surface area contributed by atoms with Crippen molar-refractivity contribution in [1.29, 1.82) is 0 Å². The van der Waals surface area contributed by atoms with Gasteiger partial charge in [-0.05, 0) is 84.9 Å². The van der Waals surface area contributed by atoms with Gasteiger partial charge in [0.1, 0.15) is 18.2 Å². The molecule has 1 heterocycles. The van der Waals surface area contributed by atoms with E-state index >= 15 is 0 Å². The van der Waals surface area contributed by atoms with Gasteiger partial charge in [-0.15, -0.1) is 0 Å². The quantitative estimate of drug-likeness (QED) is 0.238. The monoisotopic (exact) mass is 568 g/mol. The molecule has 184 valence electrons. The number of amidine groups is 1.